The molecule has 4 rings (SSSR count). The fraction of sp³-hybridized carbons (Fsp3) is 0.750. The highest BCUT2D eigenvalue weighted by atomic mass is 19.3. The summed E-state index contributed by atoms with van der Waals surface area (Å²) in [5, 5.41) is 7.19. The summed E-state index contributed by atoms with van der Waals surface area (Å²) in [6.45, 7) is 1.75. The van der Waals surface area contributed by atoms with Crippen molar-refractivity contribution in [2.45, 2.75) is 69.3 Å². The Labute approximate surface area is 136 Å². The number of anilines is 1. The van der Waals surface area contributed by atoms with E-state index in [2.05, 4.69) is 10.4 Å². The second kappa shape index (κ2) is 4.95. The standard InChI is InChI=1S/C16H19F4N3O/c1-8-12(9-4-15(17,18)5-9)22-23(11-2-3-11)13(8)21-14(24)10-6-16(19,20)7-10/h9-11H,2-7H2,1H3,(H,21,24). The molecule has 0 spiro atoms. The van der Waals surface area contributed by atoms with Crippen molar-refractivity contribution < 1.29 is 22.4 Å². The highest BCUT2D eigenvalue weighted by molar-refractivity contribution is 5.93. The number of carbonyl (C=O) groups excluding carboxylic acids is 1. The minimum atomic E-state index is -2.75. The minimum absolute atomic E-state index is 0.163. The van der Waals surface area contributed by atoms with Crippen molar-refractivity contribution in [2.75, 3.05) is 5.32 Å². The summed E-state index contributed by atoms with van der Waals surface area (Å²) in [6, 6.07) is 0.163. The Bertz CT molecular complexity index is 680. The number of rotatable bonds is 4. The summed E-state index contributed by atoms with van der Waals surface area (Å²) in [5.74, 6) is -6.33. The number of halogens is 4. The lowest BCUT2D eigenvalue weighted by molar-refractivity contribution is -0.145. The first-order valence-corrected chi connectivity index (χ1v) is 8.31. The van der Waals surface area contributed by atoms with E-state index in [0.29, 0.717) is 17.1 Å². The predicted molar refractivity (Wildman–Crippen MR) is 78.5 cm³/mol. The molecule has 24 heavy (non-hydrogen) atoms. The molecule has 1 heterocycles. The first-order chi connectivity index (χ1) is 11.2. The fourth-order valence-electron chi connectivity index (χ4n) is 3.58. The van der Waals surface area contributed by atoms with E-state index in [-0.39, 0.29) is 24.8 Å². The number of amides is 1. The SMILES string of the molecule is Cc1c(C2CC(F)(F)C2)nn(C2CC2)c1NC(=O)C1CC(F)(F)C1. The van der Waals surface area contributed by atoms with E-state index >= 15 is 0 Å². The van der Waals surface area contributed by atoms with Gasteiger partial charge in [-0.3, -0.25) is 4.79 Å². The highest BCUT2D eigenvalue weighted by Crippen LogP contribution is 2.50. The number of hydrogen-bond acceptors (Lipinski definition) is 2. The van der Waals surface area contributed by atoms with E-state index < -0.39 is 36.5 Å². The van der Waals surface area contributed by atoms with Gasteiger partial charge in [0, 0.05) is 43.1 Å². The number of hydrogen-bond donors (Lipinski definition) is 1. The molecule has 1 aromatic rings. The van der Waals surface area contributed by atoms with Crippen molar-refractivity contribution in [3.63, 3.8) is 0 Å². The monoisotopic (exact) mass is 345 g/mol. The molecule has 3 aliphatic carbocycles. The van der Waals surface area contributed by atoms with E-state index in [1.165, 1.54) is 0 Å². The Morgan fingerprint density at radius 1 is 1.12 bits per heavy atom. The zero-order chi connectivity index (χ0) is 17.3. The van der Waals surface area contributed by atoms with Crippen LogP contribution in [0.3, 0.4) is 0 Å². The van der Waals surface area contributed by atoms with Gasteiger partial charge in [-0.1, -0.05) is 0 Å². The van der Waals surface area contributed by atoms with Crippen LogP contribution in [0.15, 0.2) is 0 Å². The molecular weight excluding hydrogens is 326 g/mol. The number of nitrogens with one attached hydrogen (secondary N) is 1. The zero-order valence-corrected chi connectivity index (χ0v) is 13.3. The number of nitrogens with zero attached hydrogens (tertiary/aromatic N) is 2. The van der Waals surface area contributed by atoms with Crippen molar-refractivity contribution in [3.8, 4) is 0 Å². The van der Waals surface area contributed by atoms with E-state index in [1.807, 2.05) is 0 Å². The Balaban J connectivity index is 1.53. The molecule has 1 aromatic heterocycles. The van der Waals surface area contributed by atoms with Gasteiger partial charge < -0.3 is 5.32 Å². The quantitative estimate of drug-likeness (QED) is 0.838. The molecule has 8 heteroatoms. The highest BCUT2D eigenvalue weighted by Gasteiger charge is 2.50. The average molecular weight is 345 g/mol. The molecule has 132 valence electrons. The van der Waals surface area contributed by atoms with Gasteiger partial charge in [-0.2, -0.15) is 5.10 Å². The molecule has 3 saturated carbocycles. The number of alkyl halides is 4. The maximum atomic E-state index is 13.2. The second-order valence-corrected chi connectivity index (χ2v) is 7.45. The van der Waals surface area contributed by atoms with Gasteiger partial charge in [0.25, 0.3) is 0 Å². The molecule has 3 aliphatic rings. The van der Waals surface area contributed by atoms with Gasteiger partial charge in [0.05, 0.1) is 11.7 Å². The van der Waals surface area contributed by atoms with Crippen molar-refractivity contribution in [1.82, 2.24) is 9.78 Å². The third-order valence-corrected chi connectivity index (χ3v) is 5.26. The number of carbonyl (C=O) groups is 1. The van der Waals surface area contributed by atoms with Gasteiger partial charge in [-0.05, 0) is 19.8 Å². The summed E-state index contributed by atoms with van der Waals surface area (Å²) < 4.78 is 53.9. The summed E-state index contributed by atoms with van der Waals surface area (Å²) in [7, 11) is 0. The van der Waals surface area contributed by atoms with Gasteiger partial charge in [0.2, 0.25) is 17.8 Å². The molecule has 0 aliphatic heterocycles. The maximum absolute atomic E-state index is 13.2. The molecule has 4 nitrogen and oxygen atoms in total. The van der Waals surface area contributed by atoms with Crippen molar-refractivity contribution >= 4 is 11.7 Å². The molecule has 0 atom stereocenters. The van der Waals surface area contributed by atoms with Crippen molar-refractivity contribution in [2.24, 2.45) is 5.92 Å². The Morgan fingerprint density at radius 2 is 1.71 bits per heavy atom. The molecule has 0 bridgehead atoms. The largest absolute Gasteiger partial charge is 0.310 e. The summed E-state index contributed by atoms with van der Waals surface area (Å²) in [4.78, 5) is 12.2. The van der Waals surface area contributed by atoms with Crippen LogP contribution in [0.2, 0.25) is 0 Å². The third-order valence-electron chi connectivity index (χ3n) is 5.26. The van der Waals surface area contributed by atoms with Crippen LogP contribution in [0.1, 0.15) is 61.7 Å². The van der Waals surface area contributed by atoms with E-state index in [1.54, 1.807) is 11.6 Å². The Hall–Kier alpha value is -1.60. The van der Waals surface area contributed by atoms with Crippen LogP contribution in [-0.4, -0.2) is 27.5 Å². The first-order valence-electron chi connectivity index (χ1n) is 8.31. The molecule has 0 unspecified atom stereocenters. The lowest BCUT2D eigenvalue weighted by Crippen LogP contribution is -2.42. The molecule has 3 fully saturated rings. The molecule has 1 amide bonds. The molecule has 0 aromatic carbocycles. The van der Waals surface area contributed by atoms with Gasteiger partial charge in [0.15, 0.2) is 0 Å². The van der Waals surface area contributed by atoms with Crippen LogP contribution in [0.4, 0.5) is 23.4 Å². The van der Waals surface area contributed by atoms with Gasteiger partial charge in [-0.15, -0.1) is 0 Å². The molecule has 1 N–H and O–H groups in total. The summed E-state index contributed by atoms with van der Waals surface area (Å²) >= 11 is 0. The van der Waals surface area contributed by atoms with Crippen LogP contribution < -0.4 is 5.32 Å². The second-order valence-electron chi connectivity index (χ2n) is 7.45. The van der Waals surface area contributed by atoms with Crippen LogP contribution in [0.25, 0.3) is 0 Å². The van der Waals surface area contributed by atoms with E-state index in [0.717, 1.165) is 12.8 Å². The van der Waals surface area contributed by atoms with Crippen LogP contribution >= 0.6 is 0 Å². The lowest BCUT2D eigenvalue weighted by Gasteiger charge is -2.34. The minimum Gasteiger partial charge on any atom is -0.310 e. The fourth-order valence-corrected chi connectivity index (χ4v) is 3.58. The Morgan fingerprint density at radius 3 is 2.21 bits per heavy atom. The van der Waals surface area contributed by atoms with Gasteiger partial charge in [-0.25, -0.2) is 22.2 Å². The molecule has 0 radical (unpaired) electrons. The van der Waals surface area contributed by atoms with Crippen molar-refractivity contribution in [3.05, 3.63) is 11.3 Å². The maximum Gasteiger partial charge on any atom is 0.249 e. The van der Waals surface area contributed by atoms with Crippen LogP contribution in [-0.2, 0) is 4.79 Å². The van der Waals surface area contributed by atoms with E-state index in [9.17, 15) is 22.4 Å². The third kappa shape index (κ3) is 2.69. The smallest absolute Gasteiger partial charge is 0.249 e. The predicted octanol–water partition coefficient (Wildman–Crippen LogP) is 4.02. The summed E-state index contributed by atoms with van der Waals surface area (Å²) in [6.07, 6.45) is 0.529. The van der Waals surface area contributed by atoms with Crippen LogP contribution in [0.5, 0.6) is 0 Å². The topological polar surface area (TPSA) is 46.9 Å². The van der Waals surface area contributed by atoms with Gasteiger partial charge >= 0.3 is 0 Å². The molecular formula is C16H19F4N3O. The van der Waals surface area contributed by atoms with Crippen LogP contribution in [0, 0.1) is 12.8 Å². The summed E-state index contributed by atoms with van der Waals surface area (Å²) in [5.41, 5.74) is 1.28. The number of aromatic nitrogens is 2. The Kier molecular flexibility index (Phi) is 3.28. The lowest BCUT2D eigenvalue weighted by atomic mass is 9.78. The van der Waals surface area contributed by atoms with E-state index in [4.69, 9.17) is 0 Å². The average Bonchev–Trinajstić information content (AvgIpc) is 3.21. The zero-order valence-electron chi connectivity index (χ0n) is 13.3. The first kappa shape index (κ1) is 15.9. The van der Waals surface area contributed by atoms with Crippen molar-refractivity contribution in [1.29, 1.82) is 0 Å². The van der Waals surface area contributed by atoms with Gasteiger partial charge in [0.1, 0.15) is 5.82 Å². The normalized spacial score (nSPS) is 25.9. The molecule has 0 saturated heterocycles.